The summed E-state index contributed by atoms with van der Waals surface area (Å²) >= 11 is 0. The average Bonchev–Trinajstić information content (AvgIpc) is 2.28. The van der Waals surface area contributed by atoms with Crippen LogP contribution in [0.2, 0.25) is 0 Å². The summed E-state index contributed by atoms with van der Waals surface area (Å²) in [5, 5.41) is 10.3. The first-order valence-electron chi connectivity index (χ1n) is 5.92. The van der Waals surface area contributed by atoms with Crippen LogP contribution in [-0.4, -0.2) is 15.7 Å². The number of benzene rings is 1. The molecule has 2 rings (SSSR count). The molecule has 0 spiro atoms. The zero-order chi connectivity index (χ0) is 13.0. The zero-order valence-corrected chi connectivity index (χ0v) is 10.3. The van der Waals surface area contributed by atoms with Crippen LogP contribution in [0.15, 0.2) is 48.7 Å². The van der Waals surface area contributed by atoms with Crippen LogP contribution in [0.25, 0.3) is 0 Å². The van der Waals surface area contributed by atoms with E-state index in [1.54, 1.807) is 19.2 Å². The lowest BCUT2D eigenvalue weighted by atomic mass is 9.91. The summed E-state index contributed by atoms with van der Waals surface area (Å²) in [6.07, 6.45) is 2.55. The molecule has 0 aliphatic heterocycles. The van der Waals surface area contributed by atoms with Gasteiger partial charge in [0.25, 0.3) is 0 Å². The summed E-state index contributed by atoms with van der Waals surface area (Å²) in [4.78, 5) is 4.19. The lowest BCUT2D eigenvalue weighted by molar-refractivity contribution is 0.0598. The third kappa shape index (κ3) is 3.64. The van der Waals surface area contributed by atoms with Gasteiger partial charge in [0.1, 0.15) is 5.82 Å². The van der Waals surface area contributed by atoms with Crippen LogP contribution < -0.4 is 0 Å². The topological polar surface area (TPSA) is 33.1 Å². The maximum absolute atomic E-state index is 13.1. The van der Waals surface area contributed by atoms with E-state index < -0.39 is 5.60 Å². The molecule has 0 saturated carbocycles. The number of rotatable bonds is 4. The molecule has 0 bridgehead atoms. The molecular formula is C15H16FNO. The van der Waals surface area contributed by atoms with Gasteiger partial charge in [-0.25, -0.2) is 4.39 Å². The van der Waals surface area contributed by atoms with E-state index in [0.717, 1.165) is 11.3 Å². The van der Waals surface area contributed by atoms with Crippen molar-refractivity contribution < 1.29 is 9.50 Å². The lowest BCUT2D eigenvalue weighted by Crippen LogP contribution is -2.30. The highest BCUT2D eigenvalue weighted by atomic mass is 19.1. The van der Waals surface area contributed by atoms with Crippen molar-refractivity contribution in [2.24, 2.45) is 0 Å². The van der Waals surface area contributed by atoms with Crippen molar-refractivity contribution in [3.63, 3.8) is 0 Å². The van der Waals surface area contributed by atoms with E-state index in [-0.39, 0.29) is 5.82 Å². The van der Waals surface area contributed by atoms with Crippen LogP contribution >= 0.6 is 0 Å². The van der Waals surface area contributed by atoms with Crippen molar-refractivity contribution >= 4 is 0 Å². The van der Waals surface area contributed by atoms with E-state index in [9.17, 15) is 9.50 Å². The number of aliphatic hydroxyl groups is 1. The van der Waals surface area contributed by atoms with Gasteiger partial charge in [0.2, 0.25) is 0 Å². The largest absolute Gasteiger partial charge is 0.389 e. The molecule has 0 radical (unpaired) electrons. The first-order chi connectivity index (χ1) is 8.55. The standard InChI is InChI=1S/C15H16FNO/c1-15(18,11-14-7-2-3-8-17-14)10-12-5-4-6-13(16)9-12/h2-9,18H,10-11H2,1H3. The molecule has 0 saturated heterocycles. The molecule has 1 N–H and O–H groups in total. The van der Waals surface area contributed by atoms with Gasteiger partial charge in [0.05, 0.1) is 5.60 Å². The van der Waals surface area contributed by atoms with Gasteiger partial charge in [-0.2, -0.15) is 0 Å². The van der Waals surface area contributed by atoms with E-state index in [2.05, 4.69) is 4.98 Å². The summed E-state index contributed by atoms with van der Waals surface area (Å²) in [6, 6.07) is 11.9. The number of aromatic nitrogens is 1. The average molecular weight is 245 g/mol. The summed E-state index contributed by atoms with van der Waals surface area (Å²) in [5.41, 5.74) is 0.692. The van der Waals surface area contributed by atoms with E-state index in [1.165, 1.54) is 12.1 Å². The van der Waals surface area contributed by atoms with Crippen LogP contribution in [0.3, 0.4) is 0 Å². The van der Waals surface area contributed by atoms with E-state index in [0.29, 0.717) is 12.8 Å². The third-order valence-electron chi connectivity index (χ3n) is 2.76. The number of pyridine rings is 1. The van der Waals surface area contributed by atoms with Gasteiger partial charge < -0.3 is 5.11 Å². The van der Waals surface area contributed by atoms with Crippen LogP contribution in [-0.2, 0) is 12.8 Å². The molecule has 1 aromatic carbocycles. The van der Waals surface area contributed by atoms with Gasteiger partial charge in [-0.1, -0.05) is 18.2 Å². The first-order valence-corrected chi connectivity index (χ1v) is 5.92. The lowest BCUT2D eigenvalue weighted by Gasteiger charge is -2.23. The smallest absolute Gasteiger partial charge is 0.123 e. The van der Waals surface area contributed by atoms with Crippen molar-refractivity contribution in [2.75, 3.05) is 0 Å². The summed E-state index contributed by atoms with van der Waals surface area (Å²) in [7, 11) is 0. The van der Waals surface area contributed by atoms with Crippen LogP contribution in [0.5, 0.6) is 0 Å². The Morgan fingerprint density at radius 1 is 1.17 bits per heavy atom. The molecule has 1 heterocycles. The Balaban J connectivity index is 2.07. The highest BCUT2D eigenvalue weighted by Crippen LogP contribution is 2.18. The summed E-state index contributed by atoms with van der Waals surface area (Å²) in [5.74, 6) is -0.277. The Morgan fingerprint density at radius 3 is 2.67 bits per heavy atom. The zero-order valence-electron chi connectivity index (χ0n) is 10.3. The molecule has 2 nitrogen and oxygen atoms in total. The highest BCUT2D eigenvalue weighted by molar-refractivity contribution is 5.19. The second kappa shape index (κ2) is 5.27. The highest BCUT2D eigenvalue weighted by Gasteiger charge is 2.22. The van der Waals surface area contributed by atoms with Crippen molar-refractivity contribution in [1.29, 1.82) is 0 Å². The predicted octanol–water partition coefficient (Wildman–Crippen LogP) is 2.76. The summed E-state index contributed by atoms with van der Waals surface area (Å²) in [6.45, 7) is 1.74. The first kappa shape index (κ1) is 12.7. The molecule has 0 aliphatic carbocycles. The molecule has 94 valence electrons. The molecule has 18 heavy (non-hydrogen) atoms. The van der Waals surface area contributed by atoms with Crippen molar-refractivity contribution in [3.8, 4) is 0 Å². The number of halogens is 1. The molecule has 0 fully saturated rings. The van der Waals surface area contributed by atoms with Gasteiger partial charge in [-0.15, -0.1) is 0 Å². The number of hydrogen-bond donors (Lipinski definition) is 1. The van der Waals surface area contributed by atoms with Crippen LogP contribution in [0.4, 0.5) is 4.39 Å². The van der Waals surface area contributed by atoms with Crippen molar-refractivity contribution in [3.05, 3.63) is 65.7 Å². The number of hydrogen-bond acceptors (Lipinski definition) is 2. The third-order valence-corrected chi connectivity index (χ3v) is 2.76. The number of nitrogens with zero attached hydrogens (tertiary/aromatic N) is 1. The molecule has 1 atom stereocenters. The Kier molecular flexibility index (Phi) is 3.72. The fourth-order valence-corrected chi connectivity index (χ4v) is 2.04. The molecular weight excluding hydrogens is 229 g/mol. The van der Waals surface area contributed by atoms with Crippen LogP contribution in [0, 0.1) is 5.82 Å². The van der Waals surface area contributed by atoms with Gasteiger partial charge >= 0.3 is 0 Å². The SMILES string of the molecule is CC(O)(Cc1cccc(F)c1)Cc1ccccn1. The molecule has 3 heteroatoms. The van der Waals surface area contributed by atoms with Gasteiger partial charge in [0, 0.05) is 24.7 Å². The minimum Gasteiger partial charge on any atom is -0.389 e. The molecule has 0 amide bonds. The monoisotopic (exact) mass is 245 g/mol. The molecule has 0 aliphatic rings. The maximum atomic E-state index is 13.1. The van der Waals surface area contributed by atoms with E-state index >= 15 is 0 Å². The molecule has 1 unspecified atom stereocenters. The summed E-state index contributed by atoms with van der Waals surface area (Å²) < 4.78 is 13.1. The molecule has 1 aromatic heterocycles. The minimum absolute atomic E-state index is 0.277. The van der Waals surface area contributed by atoms with Crippen LogP contribution in [0.1, 0.15) is 18.2 Å². The van der Waals surface area contributed by atoms with Crippen molar-refractivity contribution in [1.82, 2.24) is 4.98 Å². The van der Waals surface area contributed by atoms with E-state index in [4.69, 9.17) is 0 Å². The quantitative estimate of drug-likeness (QED) is 0.898. The van der Waals surface area contributed by atoms with Gasteiger partial charge in [0.15, 0.2) is 0 Å². The van der Waals surface area contributed by atoms with Gasteiger partial charge in [-0.3, -0.25) is 4.98 Å². The second-order valence-corrected chi connectivity index (χ2v) is 4.80. The fourth-order valence-electron chi connectivity index (χ4n) is 2.04. The van der Waals surface area contributed by atoms with Crippen molar-refractivity contribution in [2.45, 2.75) is 25.4 Å². The molecule has 2 aromatic rings. The fraction of sp³-hybridized carbons (Fsp3) is 0.267. The second-order valence-electron chi connectivity index (χ2n) is 4.80. The Morgan fingerprint density at radius 2 is 2.00 bits per heavy atom. The normalized spacial score (nSPS) is 14.2. The Bertz CT molecular complexity index is 511. The Hall–Kier alpha value is -1.74. The predicted molar refractivity (Wildman–Crippen MR) is 68.7 cm³/mol. The van der Waals surface area contributed by atoms with Gasteiger partial charge in [-0.05, 0) is 36.8 Å². The minimum atomic E-state index is -0.928. The van der Waals surface area contributed by atoms with E-state index in [1.807, 2.05) is 24.3 Å². The maximum Gasteiger partial charge on any atom is 0.123 e. The Labute approximate surface area is 106 Å².